The fraction of sp³-hybridized carbons (Fsp3) is 0.385. The number of carboxylic acid groups (broad SMARTS) is 1. The minimum absolute atomic E-state index is 0.0389. The summed E-state index contributed by atoms with van der Waals surface area (Å²) in [5, 5.41) is 17.5. The summed E-state index contributed by atoms with van der Waals surface area (Å²) in [4.78, 5) is 26.5. The number of amides is 1. The number of hydrogen-bond acceptors (Lipinski definition) is 6. The average Bonchev–Trinajstić information content (AvgIpc) is 3.01. The first-order chi connectivity index (χ1) is 9.97. The van der Waals surface area contributed by atoms with Crippen LogP contribution in [0.15, 0.2) is 9.90 Å². The summed E-state index contributed by atoms with van der Waals surface area (Å²) < 4.78 is 5.00. The Hall–Kier alpha value is -2.22. The standard InChI is InChI=1S/C13H15N3O4S/c1-7-9(8(2)20-16-7)5-11(17)14-4-3-12-15-10(6-21-12)13(18)19/h6H,3-5H2,1-2H3,(H,14,17)(H,18,19). The first-order valence-corrected chi connectivity index (χ1v) is 7.21. The number of nitrogens with zero attached hydrogens (tertiary/aromatic N) is 2. The number of carbonyl (C=O) groups is 2. The van der Waals surface area contributed by atoms with Crippen molar-refractivity contribution in [2.75, 3.05) is 6.54 Å². The number of hydrogen-bond donors (Lipinski definition) is 2. The van der Waals surface area contributed by atoms with Crippen LogP contribution in [0.4, 0.5) is 0 Å². The van der Waals surface area contributed by atoms with Crippen LogP contribution in [0.25, 0.3) is 0 Å². The third kappa shape index (κ3) is 3.88. The zero-order chi connectivity index (χ0) is 15.4. The van der Waals surface area contributed by atoms with Crippen LogP contribution >= 0.6 is 11.3 Å². The van der Waals surface area contributed by atoms with Gasteiger partial charge in [0.15, 0.2) is 5.69 Å². The maximum Gasteiger partial charge on any atom is 0.355 e. The van der Waals surface area contributed by atoms with Crippen LogP contribution in [0.3, 0.4) is 0 Å². The van der Waals surface area contributed by atoms with Gasteiger partial charge in [0.05, 0.1) is 17.1 Å². The van der Waals surface area contributed by atoms with Gasteiger partial charge in [-0.1, -0.05) is 5.16 Å². The normalized spacial score (nSPS) is 10.6. The number of aryl methyl sites for hydroxylation is 2. The van der Waals surface area contributed by atoms with E-state index in [9.17, 15) is 9.59 Å². The molecule has 8 heteroatoms. The van der Waals surface area contributed by atoms with Crippen LogP contribution < -0.4 is 5.32 Å². The van der Waals surface area contributed by atoms with Gasteiger partial charge in [0.1, 0.15) is 5.76 Å². The van der Waals surface area contributed by atoms with Crippen molar-refractivity contribution in [3.63, 3.8) is 0 Å². The fourth-order valence-electron chi connectivity index (χ4n) is 1.81. The van der Waals surface area contributed by atoms with Crippen molar-refractivity contribution in [2.45, 2.75) is 26.7 Å². The van der Waals surface area contributed by atoms with Crippen LogP contribution in [-0.4, -0.2) is 33.7 Å². The van der Waals surface area contributed by atoms with E-state index in [1.807, 2.05) is 0 Å². The van der Waals surface area contributed by atoms with Crippen molar-refractivity contribution in [3.8, 4) is 0 Å². The summed E-state index contributed by atoms with van der Waals surface area (Å²) in [6.45, 7) is 3.97. The smallest absolute Gasteiger partial charge is 0.355 e. The zero-order valence-electron chi connectivity index (χ0n) is 11.7. The third-order valence-corrected chi connectivity index (χ3v) is 3.86. The van der Waals surface area contributed by atoms with E-state index in [0.29, 0.717) is 29.4 Å². The van der Waals surface area contributed by atoms with Crippen molar-refractivity contribution in [1.29, 1.82) is 0 Å². The lowest BCUT2D eigenvalue weighted by molar-refractivity contribution is -0.120. The second-order valence-corrected chi connectivity index (χ2v) is 5.45. The number of aromatic carboxylic acids is 1. The topological polar surface area (TPSA) is 105 Å². The van der Waals surface area contributed by atoms with Gasteiger partial charge in [-0.15, -0.1) is 11.3 Å². The highest BCUT2D eigenvalue weighted by atomic mass is 32.1. The molecule has 2 rings (SSSR count). The number of carboxylic acids is 1. The largest absolute Gasteiger partial charge is 0.476 e. The summed E-state index contributed by atoms with van der Waals surface area (Å²) in [5.41, 5.74) is 1.56. The van der Waals surface area contributed by atoms with Crippen LogP contribution in [-0.2, 0) is 17.6 Å². The lowest BCUT2D eigenvalue weighted by Crippen LogP contribution is -2.27. The Kier molecular flexibility index (Phi) is 4.69. The molecule has 2 aromatic heterocycles. The van der Waals surface area contributed by atoms with Gasteiger partial charge < -0.3 is 14.9 Å². The number of thiazole rings is 1. The molecule has 0 saturated heterocycles. The summed E-state index contributed by atoms with van der Waals surface area (Å²) in [7, 11) is 0. The van der Waals surface area contributed by atoms with Gasteiger partial charge in [-0.05, 0) is 13.8 Å². The summed E-state index contributed by atoms with van der Waals surface area (Å²) in [6.07, 6.45) is 0.727. The van der Waals surface area contributed by atoms with Crippen LogP contribution in [0, 0.1) is 13.8 Å². The first kappa shape index (κ1) is 15.2. The number of nitrogens with one attached hydrogen (secondary N) is 1. The Morgan fingerprint density at radius 3 is 2.76 bits per heavy atom. The molecule has 0 aliphatic heterocycles. The highest BCUT2D eigenvalue weighted by molar-refractivity contribution is 7.09. The van der Waals surface area contributed by atoms with Crippen molar-refractivity contribution < 1.29 is 19.2 Å². The molecular formula is C13H15N3O4S. The molecule has 0 fully saturated rings. The van der Waals surface area contributed by atoms with E-state index < -0.39 is 5.97 Å². The molecular weight excluding hydrogens is 294 g/mol. The molecule has 0 aromatic carbocycles. The van der Waals surface area contributed by atoms with E-state index in [2.05, 4.69) is 15.5 Å². The summed E-state index contributed by atoms with van der Waals surface area (Å²) >= 11 is 1.27. The molecule has 0 unspecified atom stereocenters. The molecule has 2 aromatic rings. The van der Waals surface area contributed by atoms with Gasteiger partial charge in [-0.2, -0.15) is 0 Å². The molecule has 2 heterocycles. The van der Waals surface area contributed by atoms with Crippen LogP contribution in [0.2, 0.25) is 0 Å². The molecule has 112 valence electrons. The summed E-state index contributed by atoms with van der Waals surface area (Å²) in [6, 6.07) is 0. The zero-order valence-corrected chi connectivity index (χ0v) is 12.5. The highest BCUT2D eigenvalue weighted by Crippen LogP contribution is 2.13. The van der Waals surface area contributed by atoms with Gasteiger partial charge in [-0.25, -0.2) is 9.78 Å². The van der Waals surface area contributed by atoms with Gasteiger partial charge >= 0.3 is 5.97 Å². The van der Waals surface area contributed by atoms with E-state index in [4.69, 9.17) is 9.63 Å². The molecule has 0 atom stereocenters. The molecule has 7 nitrogen and oxygen atoms in total. The Morgan fingerprint density at radius 2 is 2.19 bits per heavy atom. The van der Waals surface area contributed by atoms with Gasteiger partial charge in [0.2, 0.25) is 5.91 Å². The lowest BCUT2D eigenvalue weighted by Gasteiger charge is -2.03. The molecule has 1 amide bonds. The predicted octanol–water partition coefficient (Wildman–Crippen LogP) is 1.35. The molecule has 21 heavy (non-hydrogen) atoms. The SMILES string of the molecule is Cc1noc(C)c1CC(=O)NCCc1nc(C(=O)O)cs1. The molecule has 2 N–H and O–H groups in total. The van der Waals surface area contributed by atoms with E-state index >= 15 is 0 Å². The Labute approximate surface area is 125 Å². The third-order valence-electron chi connectivity index (χ3n) is 2.95. The van der Waals surface area contributed by atoms with Crippen molar-refractivity contribution in [3.05, 3.63) is 33.1 Å². The number of carbonyl (C=O) groups excluding carboxylic acids is 1. The van der Waals surface area contributed by atoms with Gasteiger partial charge in [0.25, 0.3) is 0 Å². The average molecular weight is 309 g/mol. The Bertz CT molecular complexity index is 643. The molecule has 0 bridgehead atoms. The Morgan fingerprint density at radius 1 is 1.43 bits per heavy atom. The Balaban J connectivity index is 1.80. The van der Waals surface area contributed by atoms with E-state index in [1.54, 1.807) is 13.8 Å². The predicted molar refractivity (Wildman–Crippen MR) is 75.5 cm³/mol. The second-order valence-electron chi connectivity index (χ2n) is 4.51. The molecule has 0 aliphatic rings. The lowest BCUT2D eigenvalue weighted by atomic mass is 10.1. The highest BCUT2D eigenvalue weighted by Gasteiger charge is 2.13. The van der Waals surface area contributed by atoms with Gasteiger partial charge in [0, 0.05) is 23.9 Å². The van der Waals surface area contributed by atoms with E-state index in [1.165, 1.54) is 16.7 Å². The molecule has 0 spiro atoms. The number of aromatic nitrogens is 2. The fourth-order valence-corrected chi connectivity index (χ4v) is 2.58. The van der Waals surface area contributed by atoms with E-state index in [0.717, 1.165) is 5.56 Å². The maximum atomic E-state index is 11.8. The van der Waals surface area contributed by atoms with Crippen molar-refractivity contribution in [2.24, 2.45) is 0 Å². The van der Waals surface area contributed by atoms with Crippen LogP contribution in [0.5, 0.6) is 0 Å². The van der Waals surface area contributed by atoms with Crippen molar-refractivity contribution >= 4 is 23.2 Å². The quantitative estimate of drug-likeness (QED) is 0.834. The molecule has 0 saturated carbocycles. The maximum absolute atomic E-state index is 11.8. The molecule has 0 radical (unpaired) electrons. The first-order valence-electron chi connectivity index (χ1n) is 6.33. The minimum atomic E-state index is -1.04. The number of rotatable bonds is 6. The van der Waals surface area contributed by atoms with Crippen LogP contribution in [0.1, 0.15) is 32.5 Å². The molecule has 0 aliphatic carbocycles. The summed E-state index contributed by atoms with van der Waals surface area (Å²) in [5.74, 6) is -0.520. The van der Waals surface area contributed by atoms with Gasteiger partial charge in [-0.3, -0.25) is 4.79 Å². The monoisotopic (exact) mass is 309 g/mol. The minimum Gasteiger partial charge on any atom is -0.476 e. The van der Waals surface area contributed by atoms with Crippen molar-refractivity contribution in [1.82, 2.24) is 15.5 Å². The second kappa shape index (κ2) is 6.49. The van der Waals surface area contributed by atoms with E-state index in [-0.39, 0.29) is 18.0 Å².